The van der Waals surface area contributed by atoms with Crippen LogP contribution < -0.4 is 15.0 Å². The fourth-order valence-corrected chi connectivity index (χ4v) is 3.24. The standard InChI is InChI=1S/C21H22N2O5/c1-14-11-19(24)22-16-8-4-5-9-17(16)23(14)20(25)13-28-21(26)12-15-7-3-6-10-18(15)27-2/h3-10,14H,11-13H2,1-2H3,(H,22,24). The Labute approximate surface area is 163 Å². The van der Waals surface area contributed by atoms with Crippen molar-refractivity contribution < 1.29 is 23.9 Å². The number of nitrogens with zero attached hydrogens (tertiary/aromatic N) is 1. The molecule has 2 aromatic rings. The van der Waals surface area contributed by atoms with Crippen molar-refractivity contribution in [3.63, 3.8) is 0 Å². The molecule has 0 aromatic heterocycles. The van der Waals surface area contributed by atoms with Crippen LogP contribution in [-0.4, -0.2) is 37.5 Å². The normalized spacial score (nSPS) is 15.9. The number of hydrogen-bond acceptors (Lipinski definition) is 5. The largest absolute Gasteiger partial charge is 0.496 e. The minimum Gasteiger partial charge on any atom is -0.496 e. The van der Waals surface area contributed by atoms with Crippen LogP contribution in [0.15, 0.2) is 48.5 Å². The topological polar surface area (TPSA) is 84.9 Å². The highest BCUT2D eigenvalue weighted by Crippen LogP contribution is 2.31. The number of amides is 2. The first-order valence-electron chi connectivity index (χ1n) is 8.98. The third kappa shape index (κ3) is 4.31. The molecule has 3 rings (SSSR count). The monoisotopic (exact) mass is 382 g/mol. The lowest BCUT2D eigenvalue weighted by Crippen LogP contribution is -2.41. The van der Waals surface area contributed by atoms with Gasteiger partial charge >= 0.3 is 5.97 Å². The van der Waals surface area contributed by atoms with Gasteiger partial charge in [-0.1, -0.05) is 30.3 Å². The molecular formula is C21H22N2O5. The molecule has 7 nitrogen and oxygen atoms in total. The number of benzene rings is 2. The lowest BCUT2D eigenvalue weighted by molar-refractivity contribution is -0.147. The quantitative estimate of drug-likeness (QED) is 0.804. The molecular weight excluding hydrogens is 360 g/mol. The van der Waals surface area contributed by atoms with E-state index in [1.54, 1.807) is 49.4 Å². The molecule has 28 heavy (non-hydrogen) atoms. The Hall–Kier alpha value is -3.35. The Morgan fingerprint density at radius 3 is 2.64 bits per heavy atom. The number of esters is 1. The van der Waals surface area contributed by atoms with Crippen LogP contribution in [0.1, 0.15) is 18.9 Å². The Morgan fingerprint density at radius 2 is 1.86 bits per heavy atom. The first kappa shape index (κ1) is 19.4. The molecule has 1 aliphatic heterocycles. The van der Waals surface area contributed by atoms with Crippen molar-refractivity contribution in [2.45, 2.75) is 25.8 Å². The number of hydrogen-bond donors (Lipinski definition) is 1. The highest BCUT2D eigenvalue weighted by molar-refractivity contribution is 6.05. The Bertz CT molecular complexity index is 896. The summed E-state index contributed by atoms with van der Waals surface area (Å²) in [6.45, 7) is 1.39. The maximum atomic E-state index is 12.8. The molecule has 1 atom stereocenters. The van der Waals surface area contributed by atoms with E-state index >= 15 is 0 Å². The SMILES string of the molecule is COc1ccccc1CC(=O)OCC(=O)N1c2ccccc2NC(=O)CC1C. The molecule has 0 aliphatic carbocycles. The Kier molecular flexibility index (Phi) is 5.93. The first-order chi connectivity index (χ1) is 13.5. The smallest absolute Gasteiger partial charge is 0.310 e. The van der Waals surface area contributed by atoms with Gasteiger partial charge in [0.25, 0.3) is 5.91 Å². The van der Waals surface area contributed by atoms with Crippen LogP contribution in [0.3, 0.4) is 0 Å². The summed E-state index contributed by atoms with van der Waals surface area (Å²) < 4.78 is 10.4. The lowest BCUT2D eigenvalue weighted by Gasteiger charge is -2.27. The van der Waals surface area contributed by atoms with Crippen LogP contribution in [0.25, 0.3) is 0 Å². The number of nitrogens with one attached hydrogen (secondary N) is 1. The first-order valence-corrected chi connectivity index (χ1v) is 8.98. The molecule has 0 fully saturated rings. The molecule has 0 spiro atoms. The molecule has 1 aliphatic rings. The predicted molar refractivity (Wildman–Crippen MR) is 104 cm³/mol. The zero-order chi connectivity index (χ0) is 20.1. The molecule has 1 heterocycles. The summed E-state index contributed by atoms with van der Waals surface area (Å²) >= 11 is 0. The average Bonchev–Trinajstić information content (AvgIpc) is 2.80. The van der Waals surface area contributed by atoms with Crippen molar-refractivity contribution in [2.24, 2.45) is 0 Å². The van der Waals surface area contributed by atoms with Crippen LogP contribution in [0, 0.1) is 0 Å². The summed E-state index contributed by atoms with van der Waals surface area (Å²) in [6.07, 6.45) is 0.166. The second-order valence-electron chi connectivity index (χ2n) is 6.53. The number of ether oxygens (including phenoxy) is 2. The molecule has 0 saturated carbocycles. The summed E-state index contributed by atoms with van der Waals surface area (Å²) in [7, 11) is 1.53. The third-order valence-electron chi connectivity index (χ3n) is 4.51. The van der Waals surface area contributed by atoms with Crippen LogP contribution in [-0.2, 0) is 25.5 Å². The van der Waals surface area contributed by atoms with Crippen molar-refractivity contribution in [3.8, 4) is 5.75 Å². The fraction of sp³-hybridized carbons (Fsp3) is 0.286. The van der Waals surface area contributed by atoms with Gasteiger partial charge in [-0.15, -0.1) is 0 Å². The molecule has 0 saturated heterocycles. The van der Waals surface area contributed by atoms with Crippen molar-refractivity contribution in [2.75, 3.05) is 23.9 Å². The van der Waals surface area contributed by atoms with E-state index in [1.807, 2.05) is 6.07 Å². The summed E-state index contributed by atoms with van der Waals surface area (Å²) in [5.74, 6) is -0.485. The average molecular weight is 382 g/mol. The van der Waals surface area contributed by atoms with Crippen LogP contribution in [0.4, 0.5) is 11.4 Å². The van der Waals surface area contributed by atoms with Crippen LogP contribution in [0.5, 0.6) is 5.75 Å². The van der Waals surface area contributed by atoms with Gasteiger partial charge in [0.05, 0.1) is 24.9 Å². The van der Waals surface area contributed by atoms with E-state index < -0.39 is 12.6 Å². The number of carbonyl (C=O) groups excluding carboxylic acids is 3. The number of rotatable bonds is 5. The minimum absolute atomic E-state index is 0.00345. The molecule has 0 bridgehead atoms. The highest BCUT2D eigenvalue weighted by atomic mass is 16.5. The van der Waals surface area contributed by atoms with Gasteiger partial charge in [0.15, 0.2) is 6.61 Å². The number of fused-ring (bicyclic) bond motifs is 1. The predicted octanol–water partition coefficient (Wildman–Crippen LogP) is 2.54. The summed E-state index contributed by atoms with van der Waals surface area (Å²) in [5.41, 5.74) is 1.84. The van der Waals surface area contributed by atoms with E-state index in [1.165, 1.54) is 12.0 Å². The minimum atomic E-state index is -0.525. The Morgan fingerprint density at radius 1 is 1.14 bits per heavy atom. The number of carbonyl (C=O) groups is 3. The van der Waals surface area contributed by atoms with Gasteiger partial charge in [-0.2, -0.15) is 0 Å². The number of methoxy groups -OCH3 is 1. The van der Waals surface area contributed by atoms with E-state index in [9.17, 15) is 14.4 Å². The highest BCUT2D eigenvalue weighted by Gasteiger charge is 2.30. The second-order valence-corrected chi connectivity index (χ2v) is 6.53. The van der Waals surface area contributed by atoms with Crippen molar-refractivity contribution in [1.82, 2.24) is 0 Å². The van der Waals surface area contributed by atoms with Gasteiger partial charge in [-0.05, 0) is 25.1 Å². The molecule has 1 unspecified atom stereocenters. The Balaban J connectivity index is 1.68. The number of anilines is 2. The summed E-state index contributed by atoms with van der Waals surface area (Å²) in [5, 5.41) is 2.79. The summed E-state index contributed by atoms with van der Waals surface area (Å²) in [4.78, 5) is 38.5. The van der Waals surface area contributed by atoms with E-state index in [-0.39, 0.29) is 30.7 Å². The van der Waals surface area contributed by atoms with Crippen LogP contribution in [0.2, 0.25) is 0 Å². The number of para-hydroxylation sites is 3. The lowest BCUT2D eigenvalue weighted by atomic mass is 10.1. The van der Waals surface area contributed by atoms with Gasteiger partial charge < -0.3 is 19.7 Å². The van der Waals surface area contributed by atoms with Gasteiger partial charge in [0.1, 0.15) is 5.75 Å². The zero-order valence-corrected chi connectivity index (χ0v) is 15.8. The zero-order valence-electron chi connectivity index (χ0n) is 15.8. The third-order valence-corrected chi connectivity index (χ3v) is 4.51. The van der Waals surface area contributed by atoms with Crippen molar-refractivity contribution in [1.29, 1.82) is 0 Å². The molecule has 1 N–H and O–H groups in total. The maximum Gasteiger partial charge on any atom is 0.310 e. The van der Waals surface area contributed by atoms with E-state index in [0.29, 0.717) is 22.7 Å². The van der Waals surface area contributed by atoms with Gasteiger partial charge in [0, 0.05) is 18.0 Å². The van der Waals surface area contributed by atoms with E-state index in [0.717, 1.165) is 0 Å². The van der Waals surface area contributed by atoms with Gasteiger partial charge in [0.2, 0.25) is 5.91 Å². The van der Waals surface area contributed by atoms with Crippen LogP contribution >= 0.6 is 0 Å². The van der Waals surface area contributed by atoms with Gasteiger partial charge in [-0.3, -0.25) is 14.4 Å². The molecule has 2 amide bonds. The fourth-order valence-electron chi connectivity index (χ4n) is 3.24. The molecule has 7 heteroatoms. The van der Waals surface area contributed by atoms with E-state index in [4.69, 9.17) is 9.47 Å². The molecule has 2 aromatic carbocycles. The molecule has 146 valence electrons. The maximum absolute atomic E-state index is 12.8. The van der Waals surface area contributed by atoms with E-state index in [2.05, 4.69) is 5.32 Å². The molecule has 0 radical (unpaired) electrons. The van der Waals surface area contributed by atoms with Crippen molar-refractivity contribution >= 4 is 29.2 Å². The summed E-state index contributed by atoms with van der Waals surface area (Å²) in [6, 6.07) is 13.8. The van der Waals surface area contributed by atoms with Crippen molar-refractivity contribution in [3.05, 3.63) is 54.1 Å². The second kappa shape index (κ2) is 8.56. The van der Waals surface area contributed by atoms with Gasteiger partial charge in [-0.25, -0.2) is 0 Å².